The van der Waals surface area contributed by atoms with E-state index in [1.165, 1.54) is 7.11 Å². The van der Waals surface area contributed by atoms with Gasteiger partial charge in [-0.15, -0.1) is 0 Å². The summed E-state index contributed by atoms with van der Waals surface area (Å²) in [5.74, 6) is 0. The maximum Gasteiger partial charge on any atom is 0.160 e. The number of aliphatic hydroxyl groups excluding tert-OH is 5. The average molecular weight is 324 g/mol. The summed E-state index contributed by atoms with van der Waals surface area (Å²) in [6.07, 6.45) is -7.44. The molecule has 0 aromatic heterocycles. The fourth-order valence-electron chi connectivity index (χ4n) is 2.58. The van der Waals surface area contributed by atoms with E-state index in [0.29, 0.717) is 0 Å². The van der Waals surface area contributed by atoms with Crippen LogP contribution in [0.25, 0.3) is 0 Å². The van der Waals surface area contributed by atoms with Crippen LogP contribution < -0.4 is 0 Å². The first-order valence-electron chi connectivity index (χ1n) is 7.24. The van der Waals surface area contributed by atoms with Gasteiger partial charge in [0.25, 0.3) is 0 Å². The molecule has 0 spiro atoms. The van der Waals surface area contributed by atoms with Crippen molar-refractivity contribution in [2.45, 2.75) is 62.0 Å². The normalized spacial score (nSPS) is 46.6. The molecule has 9 nitrogen and oxygen atoms in total. The molecule has 2 heterocycles. The van der Waals surface area contributed by atoms with Crippen LogP contribution in [0.4, 0.5) is 0 Å². The highest BCUT2D eigenvalue weighted by molar-refractivity contribution is 4.85. The molecule has 2 fully saturated rings. The number of ether oxygens (including phenoxy) is 4. The zero-order valence-electron chi connectivity index (χ0n) is 12.3. The van der Waals surface area contributed by atoms with E-state index in [-0.39, 0.29) is 19.4 Å². The molecule has 130 valence electrons. The van der Waals surface area contributed by atoms with Crippen LogP contribution in [0.5, 0.6) is 0 Å². The summed E-state index contributed by atoms with van der Waals surface area (Å²) in [5.41, 5.74) is 0. The molecule has 0 amide bonds. The standard InChI is InChI=1S/C13H24O9/c1-19-10-2-6(15)13(18)9(22-10)5-20-11-3-7(16)12(17)8(4-14)21-11/h6-18H,2-5H2,1H3/t6?,7?,8?,9?,10-,11?,12?,13-/m0/s1. The van der Waals surface area contributed by atoms with Crippen LogP contribution in [0.3, 0.4) is 0 Å². The SMILES string of the molecule is CO[C@@H]1CC(O)[C@H](O)C(COC2CC(O)C(O)C(CO)O2)O1. The van der Waals surface area contributed by atoms with Gasteiger partial charge in [-0.1, -0.05) is 0 Å². The van der Waals surface area contributed by atoms with E-state index in [1.54, 1.807) is 0 Å². The number of aliphatic hydroxyl groups is 5. The van der Waals surface area contributed by atoms with Gasteiger partial charge >= 0.3 is 0 Å². The summed E-state index contributed by atoms with van der Waals surface area (Å²) in [7, 11) is 1.43. The van der Waals surface area contributed by atoms with Crippen LogP contribution in [0.15, 0.2) is 0 Å². The summed E-state index contributed by atoms with van der Waals surface area (Å²) in [6.45, 7) is -0.547. The molecule has 0 bridgehead atoms. The first-order chi connectivity index (χ1) is 10.5. The van der Waals surface area contributed by atoms with Gasteiger partial charge < -0.3 is 44.5 Å². The van der Waals surface area contributed by atoms with Crippen molar-refractivity contribution < 1.29 is 44.5 Å². The lowest BCUT2D eigenvalue weighted by atomic mass is 10.0. The monoisotopic (exact) mass is 324 g/mol. The summed E-state index contributed by atoms with van der Waals surface area (Å²) >= 11 is 0. The van der Waals surface area contributed by atoms with Crippen LogP contribution in [-0.4, -0.2) is 95.1 Å². The maximum absolute atomic E-state index is 9.89. The molecule has 5 N–H and O–H groups in total. The van der Waals surface area contributed by atoms with E-state index in [4.69, 9.17) is 24.1 Å². The zero-order valence-corrected chi connectivity index (χ0v) is 12.3. The smallest absolute Gasteiger partial charge is 0.160 e. The highest BCUT2D eigenvalue weighted by Crippen LogP contribution is 2.24. The molecule has 9 heteroatoms. The van der Waals surface area contributed by atoms with Crippen molar-refractivity contribution in [1.29, 1.82) is 0 Å². The maximum atomic E-state index is 9.89. The van der Waals surface area contributed by atoms with Gasteiger partial charge in [0.1, 0.15) is 24.4 Å². The molecule has 8 atom stereocenters. The second kappa shape index (κ2) is 7.95. The van der Waals surface area contributed by atoms with Crippen LogP contribution in [0, 0.1) is 0 Å². The third-order valence-electron chi connectivity index (χ3n) is 3.96. The molecule has 2 aliphatic rings. The Morgan fingerprint density at radius 2 is 1.45 bits per heavy atom. The quantitative estimate of drug-likeness (QED) is 0.366. The first-order valence-corrected chi connectivity index (χ1v) is 7.24. The van der Waals surface area contributed by atoms with E-state index < -0.39 is 55.8 Å². The highest BCUT2D eigenvalue weighted by Gasteiger charge is 2.40. The first kappa shape index (κ1) is 18.0. The fraction of sp³-hybridized carbons (Fsp3) is 1.00. The van der Waals surface area contributed by atoms with E-state index in [1.807, 2.05) is 0 Å². The molecule has 2 rings (SSSR count). The summed E-state index contributed by atoms with van der Waals surface area (Å²) in [6, 6.07) is 0. The number of hydrogen-bond acceptors (Lipinski definition) is 9. The zero-order chi connectivity index (χ0) is 16.3. The predicted octanol–water partition coefficient (Wildman–Crippen LogP) is -2.68. The van der Waals surface area contributed by atoms with E-state index in [9.17, 15) is 20.4 Å². The van der Waals surface area contributed by atoms with Crippen molar-refractivity contribution in [3.63, 3.8) is 0 Å². The average Bonchev–Trinajstić information content (AvgIpc) is 2.51. The Hall–Kier alpha value is -0.360. The molecular formula is C13H24O9. The van der Waals surface area contributed by atoms with Crippen molar-refractivity contribution >= 4 is 0 Å². The minimum absolute atomic E-state index is 0.0245. The van der Waals surface area contributed by atoms with Gasteiger partial charge in [0.2, 0.25) is 0 Å². The second-order valence-corrected chi connectivity index (χ2v) is 5.55. The Labute approximate surface area is 128 Å². The molecule has 2 aliphatic heterocycles. The van der Waals surface area contributed by atoms with Crippen molar-refractivity contribution in [2.24, 2.45) is 0 Å². The largest absolute Gasteiger partial charge is 0.394 e. The van der Waals surface area contributed by atoms with Crippen LogP contribution >= 0.6 is 0 Å². The number of hydrogen-bond donors (Lipinski definition) is 5. The van der Waals surface area contributed by atoms with Crippen LogP contribution in [0.1, 0.15) is 12.8 Å². The van der Waals surface area contributed by atoms with Crippen LogP contribution in [0.2, 0.25) is 0 Å². The summed E-state index contributed by atoms with van der Waals surface area (Å²) < 4.78 is 21.2. The van der Waals surface area contributed by atoms with Gasteiger partial charge in [-0.25, -0.2) is 0 Å². The third kappa shape index (κ3) is 4.13. The Bertz CT molecular complexity index is 341. The predicted molar refractivity (Wildman–Crippen MR) is 70.6 cm³/mol. The number of rotatable bonds is 5. The van der Waals surface area contributed by atoms with Crippen molar-refractivity contribution in [1.82, 2.24) is 0 Å². The fourth-order valence-corrected chi connectivity index (χ4v) is 2.58. The Morgan fingerprint density at radius 3 is 2.05 bits per heavy atom. The lowest BCUT2D eigenvalue weighted by Crippen LogP contribution is -2.53. The van der Waals surface area contributed by atoms with Gasteiger partial charge in [-0.3, -0.25) is 0 Å². The van der Waals surface area contributed by atoms with Gasteiger partial charge in [-0.05, 0) is 0 Å². The number of methoxy groups -OCH3 is 1. The van der Waals surface area contributed by atoms with Gasteiger partial charge in [0.05, 0.1) is 25.4 Å². The lowest BCUT2D eigenvalue weighted by molar-refractivity contribution is -0.289. The topological polar surface area (TPSA) is 138 Å². The van der Waals surface area contributed by atoms with Crippen LogP contribution in [-0.2, 0) is 18.9 Å². The van der Waals surface area contributed by atoms with Gasteiger partial charge in [-0.2, -0.15) is 0 Å². The van der Waals surface area contributed by atoms with Gasteiger partial charge in [0.15, 0.2) is 12.6 Å². The minimum atomic E-state index is -1.18. The molecule has 0 radical (unpaired) electrons. The molecule has 0 aromatic carbocycles. The third-order valence-corrected chi connectivity index (χ3v) is 3.96. The van der Waals surface area contributed by atoms with Gasteiger partial charge in [0, 0.05) is 20.0 Å². The minimum Gasteiger partial charge on any atom is -0.394 e. The molecule has 0 saturated carbocycles. The van der Waals surface area contributed by atoms with E-state index >= 15 is 0 Å². The Morgan fingerprint density at radius 1 is 0.909 bits per heavy atom. The molecular weight excluding hydrogens is 300 g/mol. The molecule has 0 aromatic rings. The summed E-state index contributed by atoms with van der Waals surface area (Å²) in [4.78, 5) is 0. The van der Waals surface area contributed by atoms with Crippen molar-refractivity contribution in [2.75, 3.05) is 20.3 Å². The van der Waals surface area contributed by atoms with E-state index in [0.717, 1.165) is 0 Å². The molecule has 22 heavy (non-hydrogen) atoms. The van der Waals surface area contributed by atoms with E-state index in [2.05, 4.69) is 0 Å². The lowest BCUT2D eigenvalue weighted by Gasteiger charge is -2.39. The van der Waals surface area contributed by atoms with Crippen molar-refractivity contribution in [3.8, 4) is 0 Å². The Kier molecular flexibility index (Phi) is 6.50. The molecule has 2 saturated heterocycles. The second-order valence-electron chi connectivity index (χ2n) is 5.55. The van der Waals surface area contributed by atoms with Crippen molar-refractivity contribution in [3.05, 3.63) is 0 Å². The molecule has 0 aliphatic carbocycles. The summed E-state index contributed by atoms with van der Waals surface area (Å²) in [5, 5.41) is 48.0. The highest BCUT2D eigenvalue weighted by atomic mass is 16.7. The molecule has 6 unspecified atom stereocenters. The Balaban J connectivity index is 1.86.